The number of nitrogens with two attached hydrogens (primary N) is 2. The van der Waals surface area contributed by atoms with E-state index >= 15 is 0 Å². The SMILES string of the molecule is CCCCc1nc2c(N)nnc(OC(C)C)c2n1CCCCCNC(=O)/C(=C/CCNC(N)=O)NC(=O)[C@H](CC(C)C)NC(=O)CCOCCOCCOCCNC(=O)CCN1C(=O)C=CC1=O. The number of nitrogens with zero attached hydrogens (tertiary/aromatic N) is 5. The van der Waals surface area contributed by atoms with E-state index in [0.29, 0.717) is 42.8 Å². The minimum absolute atomic E-state index is 0.00173. The third-order valence-electron chi connectivity index (χ3n) is 10.1. The van der Waals surface area contributed by atoms with Crippen molar-refractivity contribution in [2.75, 3.05) is 71.6 Å². The Labute approximate surface area is 397 Å². The summed E-state index contributed by atoms with van der Waals surface area (Å²) in [7, 11) is 0. The van der Waals surface area contributed by atoms with E-state index in [1.807, 2.05) is 27.7 Å². The fourth-order valence-electron chi connectivity index (χ4n) is 6.75. The molecule has 0 radical (unpaired) electrons. The van der Waals surface area contributed by atoms with E-state index in [4.69, 9.17) is 35.4 Å². The first-order valence-electron chi connectivity index (χ1n) is 23.4. The summed E-state index contributed by atoms with van der Waals surface area (Å²) < 4.78 is 24.5. The zero-order valence-electron chi connectivity index (χ0n) is 40.2. The molecule has 2 aromatic rings. The van der Waals surface area contributed by atoms with Crippen molar-refractivity contribution >= 4 is 58.3 Å². The maximum Gasteiger partial charge on any atom is 0.312 e. The van der Waals surface area contributed by atoms with E-state index in [0.717, 1.165) is 42.8 Å². The number of amides is 8. The molecule has 1 atom stereocenters. The van der Waals surface area contributed by atoms with Crippen LogP contribution in [0.3, 0.4) is 0 Å². The van der Waals surface area contributed by atoms with E-state index < -0.39 is 41.6 Å². The molecule has 0 bridgehead atoms. The number of fused-ring (bicyclic) bond motifs is 1. The Hall–Kier alpha value is -6.20. The lowest BCUT2D eigenvalue weighted by Gasteiger charge is -2.21. The minimum atomic E-state index is -0.947. The van der Waals surface area contributed by atoms with Crippen molar-refractivity contribution in [1.82, 2.24) is 51.2 Å². The number of imide groups is 1. The van der Waals surface area contributed by atoms with Crippen molar-refractivity contribution in [1.29, 1.82) is 0 Å². The van der Waals surface area contributed by atoms with Crippen LogP contribution in [-0.4, -0.2) is 144 Å². The van der Waals surface area contributed by atoms with Crippen LogP contribution in [0.4, 0.5) is 10.6 Å². The molecule has 3 rings (SSSR count). The largest absolute Gasteiger partial charge is 0.472 e. The van der Waals surface area contributed by atoms with Crippen LogP contribution in [0.25, 0.3) is 11.0 Å². The third-order valence-corrected chi connectivity index (χ3v) is 10.1. The number of carbonyl (C=O) groups is 7. The molecule has 8 amide bonds. The van der Waals surface area contributed by atoms with Crippen LogP contribution in [0.1, 0.15) is 98.2 Å². The van der Waals surface area contributed by atoms with Crippen LogP contribution in [0.2, 0.25) is 0 Å². The number of ether oxygens (including phenoxy) is 4. The van der Waals surface area contributed by atoms with Gasteiger partial charge >= 0.3 is 6.03 Å². The van der Waals surface area contributed by atoms with Crippen LogP contribution in [0.5, 0.6) is 5.88 Å². The molecule has 0 aromatic carbocycles. The second kappa shape index (κ2) is 31.0. The molecule has 1 aliphatic heterocycles. The molecule has 0 saturated heterocycles. The molecule has 0 fully saturated rings. The number of nitrogen functional groups attached to an aromatic ring is 1. The third kappa shape index (κ3) is 20.8. The minimum Gasteiger partial charge on any atom is -0.472 e. The van der Waals surface area contributed by atoms with Gasteiger partial charge in [0, 0.05) is 64.1 Å². The van der Waals surface area contributed by atoms with Crippen LogP contribution in [-0.2, 0) is 55.9 Å². The number of primary amides is 1. The number of aryl methyl sites for hydroxylation is 2. The van der Waals surface area contributed by atoms with Gasteiger partial charge in [0.25, 0.3) is 23.6 Å². The van der Waals surface area contributed by atoms with E-state index in [1.165, 1.54) is 18.2 Å². The summed E-state index contributed by atoms with van der Waals surface area (Å²) in [6, 6.07) is -1.67. The van der Waals surface area contributed by atoms with Gasteiger partial charge in [-0.2, -0.15) is 0 Å². The summed E-state index contributed by atoms with van der Waals surface area (Å²) in [4.78, 5) is 92.1. The topological polar surface area (TPSA) is 315 Å². The highest BCUT2D eigenvalue weighted by Crippen LogP contribution is 2.29. The van der Waals surface area contributed by atoms with Crippen molar-refractivity contribution in [3.63, 3.8) is 0 Å². The van der Waals surface area contributed by atoms with Crippen LogP contribution < -0.4 is 42.8 Å². The highest BCUT2D eigenvalue weighted by molar-refractivity contribution is 6.13. The standard InChI is InChI=1S/C45H72N12O11/c1-6-7-13-34-53-39-40(44(68-31(4)5)55-54-41(39)46)56(34)21-10-8-9-18-49-42(62)32(12-11-19-50-45(47)64)52-43(63)33(29-30(2)3)51-36(59)17-23-65-25-27-67-28-26-66-24-20-48-35(58)16-22-57-37(60)14-15-38(57)61/h12,14-15,30-31,33H,6-11,13,16-29H2,1-5H3,(H2,46,54)(H,48,58)(H,49,62)(H,51,59)(H,52,63)(H3,47,50,64)/b32-12-/t33-/m0/s1. The fraction of sp³-hybridized carbons (Fsp3) is 0.644. The molecule has 68 heavy (non-hydrogen) atoms. The van der Waals surface area contributed by atoms with Gasteiger partial charge in [-0.1, -0.05) is 33.3 Å². The predicted molar refractivity (Wildman–Crippen MR) is 251 cm³/mol. The summed E-state index contributed by atoms with van der Waals surface area (Å²) in [5.74, 6) is -1.15. The molecule has 23 heteroatoms. The van der Waals surface area contributed by atoms with Gasteiger partial charge in [-0.25, -0.2) is 9.78 Å². The summed E-state index contributed by atoms with van der Waals surface area (Å²) >= 11 is 0. The first kappa shape index (κ1) is 56.1. The van der Waals surface area contributed by atoms with Gasteiger partial charge in [-0.15, -0.1) is 10.2 Å². The lowest BCUT2D eigenvalue weighted by Crippen LogP contribution is -2.49. The monoisotopic (exact) mass is 957 g/mol. The van der Waals surface area contributed by atoms with Crippen molar-refractivity contribution in [3.05, 3.63) is 29.7 Å². The van der Waals surface area contributed by atoms with Crippen LogP contribution in [0, 0.1) is 5.92 Å². The van der Waals surface area contributed by atoms with Gasteiger partial charge in [0.2, 0.25) is 17.7 Å². The highest BCUT2D eigenvalue weighted by Gasteiger charge is 2.26. The molecule has 0 unspecified atom stereocenters. The predicted octanol–water partition coefficient (Wildman–Crippen LogP) is 1.29. The van der Waals surface area contributed by atoms with Crippen LogP contribution in [0.15, 0.2) is 23.9 Å². The number of unbranched alkanes of at least 4 members (excludes halogenated alkanes) is 3. The maximum absolute atomic E-state index is 13.6. The normalized spacial score (nSPS) is 13.1. The zero-order chi connectivity index (χ0) is 49.8. The maximum atomic E-state index is 13.6. The summed E-state index contributed by atoms with van der Waals surface area (Å²) in [5, 5.41) is 21.7. The number of anilines is 1. The number of hydrogen-bond donors (Lipinski definition) is 7. The first-order chi connectivity index (χ1) is 32.6. The fourth-order valence-corrected chi connectivity index (χ4v) is 6.75. The van der Waals surface area contributed by atoms with E-state index in [2.05, 4.69) is 48.3 Å². The molecule has 23 nitrogen and oxygen atoms in total. The molecule has 9 N–H and O–H groups in total. The number of carbonyl (C=O) groups excluding carboxylic acids is 7. The van der Waals surface area contributed by atoms with E-state index in [9.17, 15) is 33.6 Å². The Morgan fingerprint density at radius 3 is 2.13 bits per heavy atom. The van der Waals surface area contributed by atoms with Crippen molar-refractivity contribution in [2.45, 2.75) is 118 Å². The van der Waals surface area contributed by atoms with Crippen molar-refractivity contribution in [3.8, 4) is 5.88 Å². The average Bonchev–Trinajstić information content (AvgIpc) is 3.82. The molecule has 2 aromatic heterocycles. The Kier molecular flexibility index (Phi) is 25.6. The number of hydrogen-bond acceptors (Lipinski definition) is 15. The van der Waals surface area contributed by atoms with Crippen LogP contribution >= 0.6 is 0 Å². The van der Waals surface area contributed by atoms with Crippen molar-refractivity contribution in [2.24, 2.45) is 11.7 Å². The average molecular weight is 957 g/mol. The molecule has 0 aliphatic carbocycles. The first-order valence-corrected chi connectivity index (χ1v) is 23.4. The Bertz CT molecular complexity index is 2020. The zero-order valence-corrected chi connectivity index (χ0v) is 40.2. The van der Waals surface area contributed by atoms with Gasteiger partial charge < -0.3 is 61.6 Å². The molecule has 0 saturated carbocycles. The Morgan fingerprint density at radius 2 is 1.47 bits per heavy atom. The molecule has 3 heterocycles. The van der Waals surface area contributed by atoms with Gasteiger partial charge in [-0.3, -0.25) is 33.7 Å². The molecule has 0 spiro atoms. The smallest absolute Gasteiger partial charge is 0.312 e. The number of imidazole rings is 1. The highest BCUT2D eigenvalue weighted by atomic mass is 16.5. The second-order valence-corrected chi connectivity index (χ2v) is 16.6. The molecule has 1 aliphatic rings. The van der Waals surface area contributed by atoms with Gasteiger partial charge in [0.1, 0.15) is 28.6 Å². The summed E-state index contributed by atoms with van der Waals surface area (Å²) in [6.07, 6.45) is 9.05. The molecular formula is C45H72N12O11. The van der Waals surface area contributed by atoms with Gasteiger partial charge in [-0.05, 0) is 58.3 Å². The Morgan fingerprint density at radius 1 is 0.779 bits per heavy atom. The van der Waals surface area contributed by atoms with Gasteiger partial charge in [0.05, 0.1) is 45.7 Å². The summed E-state index contributed by atoms with van der Waals surface area (Å²) in [6.45, 7) is 12.5. The van der Waals surface area contributed by atoms with Crippen molar-refractivity contribution < 1.29 is 52.5 Å². The van der Waals surface area contributed by atoms with E-state index in [-0.39, 0.29) is 108 Å². The lowest BCUT2D eigenvalue weighted by molar-refractivity contribution is -0.137. The second-order valence-electron chi connectivity index (χ2n) is 16.6. The molecule has 378 valence electrons. The Balaban J connectivity index is 1.40. The quantitative estimate of drug-likeness (QED) is 0.0291. The molecular weight excluding hydrogens is 885 g/mol. The number of rotatable bonds is 35. The number of aromatic nitrogens is 4. The number of nitrogens with one attached hydrogen (secondary N) is 5. The van der Waals surface area contributed by atoms with Gasteiger partial charge in [0.15, 0.2) is 5.82 Å². The van der Waals surface area contributed by atoms with E-state index in [1.54, 1.807) is 0 Å². The number of urea groups is 1. The summed E-state index contributed by atoms with van der Waals surface area (Å²) in [5.41, 5.74) is 12.6. The lowest BCUT2D eigenvalue weighted by atomic mass is 10.0.